The molecule has 0 aliphatic rings. The third-order valence-corrected chi connectivity index (χ3v) is 2.69. The van der Waals surface area contributed by atoms with Gasteiger partial charge in [-0.15, -0.1) is 0 Å². The highest BCUT2D eigenvalue weighted by atomic mass is 35.7. The fourth-order valence-corrected chi connectivity index (χ4v) is 1.86. The van der Waals surface area contributed by atoms with Crippen LogP contribution >= 0.6 is 10.7 Å². The first-order chi connectivity index (χ1) is 5.82. The molecule has 4 nitrogen and oxygen atoms in total. The first-order valence-corrected chi connectivity index (χ1v) is 5.40. The lowest BCUT2D eigenvalue weighted by molar-refractivity contribution is 0.145. The molecule has 0 aromatic carbocycles. The second-order valence-electron chi connectivity index (χ2n) is 2.27. The van der Waals surface area contributed by atoms with Crippen molar-refractivity contribution in [3.63, 3.8) is 0 Å². The molecule has 0 amide bonds. The van der Waals surface area contributed by atoms with Crippen LogP contribution in [0.15, 0.2) is 11.1 Å². The lowest BCUT2D eigenvalue weighted by atomic mass is 10.5. The van der Waals surface area contributed by atoms with Crippen molar-refractivity contribution in [2.45, 2.75) is 11.5 Å². The summed E-state index contributed by atoms with van der Waals surface area (Å²) in [5.41, 5.74) is -0.610. The summed E-state index contributed by atoms with van der Waals surface area (Å²) in [6.07, 6.45) is -2.81. The zero-order valence-electron chi connectivity index (χ0n) is 6.41. The van der Waals surface area contributed by atoms with Crippen molar-refractivity contribution in [1.82, 2.24) is 9.78 Å². The van der Waals surface area contributed by atoms with Gasteiger partial charge in [0.15, 0.2) is 5.03 Å². The zero-order chi connectivity index (χ0) is 10.2. The molecule has 1 heterocycles. The van der Waals surface area contributed by atoms with E-state index in [9.17, 15) is 17.2 Å². The van der Waals surface area contributed by atoms with E-state index in [4.69, 9.17) is 10.7 Å². The molecule has 13 heavy (non-hydrogen) atoms. The number of alkyl halides is 2. The first-order valence-electron chi connectivity index (χ1n) is 3.09. The molecule has 0 spiro atoms. The van der Waals surface area contributed by atoms with Gasteiger partial charge in [0.2, 0.25) is 0 Å². The van der Waals surface area contributed by atoms with Gasteiger partial charge in [-0.1, -0.05) is 0 Å². The number of hydrogen-bond acceptors (Lipinski definition) is 3. The maximum atomic E-state index is 12.0. The van der Waals surface area contributed by atoms with Gasteiger partial charge in [-0.3, -0.25) is 4.68 Å². The van der Waals surface area contributed by atoms with Crippen LogP contribution in [0.4, 0.5) is 8.78 Å². The predicted octanol–water partition coefficient (Wildman–Crippen LogP) is 1.29. The lowest BCUT2D eigenvalue weighted by Crippen LogP contribution is -2.01. The van der Waals surface area contributed by atoms with Crippen molar-refractivity contribution in [3.8, 4) is 0 Å². The highest BCUT2D eigenvalue weighted by Crippen LogP contribution is 2.22. The largest absolute Gasteiger partial charge is 0.282 e. The van der Waals surface area contributed by atoms with Crippen LogP contribution in [0.2, 0.25) is 0 Å². The van der Waals surface area contributed by atoms with Crippen molar-refractivity contribution in [2.75, 3.05) is 0 Å². The van der Waals surface area contributed by atoms with E-state index >= 15 is 0 Å². The summed E-state index contributed by atoms with van der Waals surface area (Å²) in [5, 5.41) is 2.84. The number of nitrogens with zero attached hydrogens (tertiary/aromatic N) is 2. The summed E-state index contributed by atoms with van der Waals surface area (Å²) in [6.45, 7) is 0. The topological polar surface area (TPSA) is 52.0 Å². The molecule has 1 rings (SSSR count). The van der Waals surface area contributed by atoms with Crippen LogP contribution in [-0.4, -0.2) is 18.2 Å². The summed E-state index contributed by atoms with van der Waals surface area (Å²) in [5.74, 6) is 0. The average Bonchev–Trinajstić information content (AvgIpc) is 2.29. The molecule has 1 aromatic rings. The Morgan fingerprint density at radius 1 is 1.62 bits per heavy atom. The minimum Gasteiger partial charge on any atom is -0.256 e. The van der Waals surface area contributed by atoms with Gasteiger partial charge in [-0.25, -0.2) is 17.2 Å². The predicted molar refractivity (Wildman–Crippen MR) is 41.2 cm³/mol. The molecule has 0 saturated carbocycles. The quantitative estimate of drug-likeness (QED) is 0.720. The second kappa shape index (κ2) is 3.22. The van der Waals surface area contributed by atoms with Gasteiger partial charge in [0.1, 0.15) is 5.69 Å². The van der Waals surface area contributed by atoms with Crippen molar-refractivity contribution in [2.24, 2.45) is 7.05 Å². The van der Waals surface area contributed by atoms with E-state index in [1.54, 1.807) is 0 Å². The van der Waals surface area contributed by atoms with Crippen LogP contribution < -0.4 is 0 Å². The summed E-state index contributed by atoms with van der Waals surface area (Å²) in [7, 11) is 2.16. The molecule has 0 atom stereocenters. The first kappa shape index (κ1) is 10.4. The van der Waals surface area contributed by atoms with Crippen LogP contribution in [-0.2, 0) is 16.1 Å². The Bertz CT molecular complexity index is 414. The Balaban J connectivity index is 3.27. The fourth-order valence-electron chi connectivity index (χ4n) is 0.806. The Morgan fingerprint density at radius 2 is 2.15 bits per heavy atom. The van der Waals surface area contributed by atoms with Crippen LogP contribution in [0.5, 0.6) is 0 Å². The van der Waals surface area contributed by atoms with Crippen molar-refractivity contribution in [3.05, 3.63) is 11.8 Å². The molecule has 0 unspecified atom stereocenters. The maximum absolute atomic E-state index is 12.0. The summed E-state index contributed by atoms with van der Waals surface area (Å²) in [4.78, 5) is 0. The van der Waals surface area contributed by atoms with E-state index in [1.807, 2.05) is 0 Å². The molecule has 74 valence electrons. The van der Waals surface area contributed by atoms with Gasteiger partial charge in [0.25, 0.3) is 15.5 Å². The molecular weight excluding hydrogens is 226 g/mol. The van der Waals surface area contributed by atoms with Gasteiger partial charge in [0, 0.05) is 23.8 Å². The Hall–Kier alpha value is -0.690. The number of aromatic nitrogens is 2. The van der Waals surface area contributed by atoms with Crippen molar-refractivity contribution >= 4 is 19.7 Å². The smallest absolute Gasteiger partial charge is 0.256 e. The van der Waals surface area contributed by atoms with Crippen LogP contribution in [0.3, 0.4) is 0 Å². The Morgan fingerprint density at radius 3 is 2.38 bits per heavy atom. The molecule has 0 aliphatic heterocycles. The van der Waals surface area contributed by atoms with Crippen LogP contribution in [0.25, 0.3) is 0 Å². The Kier molecular flexibility index (Phi) is 2.58. The SMILES string of the molecule is Cn1nc(C(F)F)cc1S(=O)(=O)Cl. The highest BCUT2D eigenvalue weighted by molar-refractivity contribution is 8.13. The molecule has 0 aliphatic carbocycles. The number of aryl methyl sites for hydroxylation is 1. The molecule has 0 N–H and O–H groups in total. The van der Waals surface area contributed by atoms with Gasteiger partial charge in [0.05, 0.1) is 0 Å². The molecule has 0 fully saturated rings. The summed E-state index contributed by atoms with van der Waals surface area (Å²) >= 11 is 0. The molecule has 0 bridgehead atoms. The van der Waals surface area contributed by atoms with E-state index in [0.29, 0.717) is 0 Å². The van der Waals surface area contributed by atoms with Gasteiger partial charge in [-0.05, 0) is 0 Å². The molecule has 1 aromatic heterocycles. The van der Waals surface area contributed by atoms with E-state index < -0.39 is 26.2 Å². The van der Waals surface area contributed by atoms with E-state index in [-0.39, 0.29) is 0 Å². The third kappa shape index (κ3) is 2.16. The second-order valence-corrected chi connectivity index (χ2v) is 4.78. The molecule has 0 radical (unpaired) electrons. The van der Waals surface area contributed by atoms with Crippen LogP contribution in [0.1, 0.15) is 12.1 Å². The van der Waals surface area contributed by atoms with Gasteiger partial charge < -0.3 is 0 Å². The van der Waals surface area contributed by atoms with E-state index in [2.05, 4.69) is 5.10 Å². The minimum absolute atomic E-state index is 0.440. The zero-order valence-corrected chi connectivity index (χ0v) is 7.98. The minimum atomic E-state index is -4.01. The number of hydrogen-bond donors (Lipinski definition) is 0. The molecule has 0 saturated heterocycles. The standard InChI is InChI=1S/C5H5ClF2N2O2S/c1-10-4(13(6,11)12)2-3(9-10)5(7)8/h2,5H,1H3. The van der Waals surface area contributed by atoms with Gasteiger partial charge >= 0.3 is 0 Å². The number of rotatable bonds is 2. The lowest BCUT2D eigenvalue weighted by Gasteiger charge is -1.93. The Labute approximate surface area is 77.5 Å². The molecular formula is C5H5ClF2N2O2S. The van der Waals surface area contributed by atoms with E-state index in [0.717, 1.165) is 10.7 Å². The fraction of sp³-hybridized carbons (Fsp3) is 0.400. The van der Waals surface area contributed by atoms with Crippen molar-refractivity contribution in [1.29, 1.82) is 0 Å². The van der Waals surface area contributed by atoms with Crippen molar-refractivity contribution < 1.29 is 17.2 Å². The third-order valence-electron chi connectivity index (χ3n) is 1.33. The molecule has 8 heteroatoms. The van der Waals surface area contributed by atoms with Crippen LogP contribution in [0, 0.1) is 0 Å². The summed E-state index contributed by atoms with van der Waals surface area (Å²) in [6, 6.07) is 0.743. The maximum Gasteiger partial charge on any atom is 0.282 e. The average molecular weight is 231 g/mol. The monoisotopic (exact) mass is 230 g/mol. The van der Waals surface area contributed by atoms with Gasteiger partial charge in [-0.2, -0.15) is 5.10 Å². The van der Waals surface area contributed by atoms with E-state index in [1.165, 1.54) is 7.05 Å². The summed E-state index contributed by atoms with van der Waals surface area (Å²) < 4.78 is 46.4. The normalized spacial score (nSPS) is 12.4. The highest BCUT2D eigenvalue weighted by Gasteiger charge is 2.20. The number of halogens is 3.